The second-order valence-corrected chi connectivity index (χ2v) is 13.7. The number of fused-ring (bicyclic) bond motifs is 9. The molecule has 9 aromatic carbocycles. The summed E-state index contributed by atoms with van der Waals surface area (Å²) in [5, 5.41) is 10.1. The Morgan fingerprint density at radius 1 is 0.250 bits per heavy atom. The van der Waals surface area contributed by atoms with Gasteiger partial charge in [0.15, 0.2) is 0 Å². The molecule has 2 aromatic heterocycles. The van der Waals surface area contributed by atoms with Crippen molar-refractivity contribution in [1.82, 2.24) is 9.13 Å². The molecule has 0 aliphatic heterocycles. The summed E-state index contributed by atoms with van der Waals surface area (Å²) in [6.07, 6.45) is 0. The van der Waals surface area contributed by atoms with Crippen LogP contribution in [0.4, 0.5) is 0 Å². The minimum absolute atomic E-state index is 1.15. The fourth-order valence-electron chi connectivity index (χ4n) is 8.54. The van der Waals surface area contributed by atoms with Gasteiger partial charge in [-0.3, -0.25) is 0 Å². The molecule has 0 bridgehead atoms. The fraction of sp³-hybridized carbons (Fsp3) is 0. The summed E-state index contributed by atoms with van der Waals surface area (Å²) < 4.78 is 4.84. The predicted molar refractivity (Wildman–Crippen MR) is 221 cm³/mol. The summed E-state index contributed by atoms with van der Waals surface area (Å²) in [7, 11) is 0. The molecule has 0 unspecified atom stereocenters. The zero-order valence-corrected chi connectivity index (χ0v) is 28.4. The Kier molecular flexibility index (Phi) is 6.28. The van der Waals surface area contributed by atoms with E-state index in [1.165, 1.54) is 93.1 Å². The van der Waals surface area contributed by atoms with Gasteiger partial charge >= 0.3 is 0 Å². The van der Waals surface area contributed by atoms with Gasteiger partial charge in [0.2, 0.25) is 0 Å². The minimum atomic E-state index is 1.15. The Morgan fingerprint density at radius 3 is 1.42 bits per heavy atom. The Bertz CT molecular complexity index is 3180. The first-order chi connectivity index (χ1) is 25.8. The van der Waals surface area contributed by atoms with Crippen molar-refractivity contribution in [2.45, 2.75) is 0 Å². The normalized spacial score (nSPS) is 11.8. The third kappa shape index (κ3) is 4.31. The number of nitrogens with zero attached hydrogens (tertiary/aromatic N) is 2. The van der Waals surface area contributed by atoms with Gasteiger partial charge < -0.3 is 9.13 Å². The molecule has 0 spiro atoms. The molecule has 0 aliphatic rings. The molecule has 0 saturated carbocycles. The molecule has 2 heteroatoms. The van der Waals surface area contributed by atoms with E-state index in [4.69, 9.17) is 0 Å². The molecule has 2 nitrogen and oxygen atoms in total. The number of benzene rings is 9. The van der Waals surface area contributed by atoms with Crippen LogP contribution in [0.1, 0.15) is 0 Å². The van der Waals surface area contributed by atoms with E-state index in [2.05, 4.69) is 203 Å². The van der Waals surface area contributed by atoms with Crippen LogP contribution in [-0.2, 0) is 0 Å². The maximum absolute atomic E-state index is 2.44. The lowest BCUT2D eigenvalue weighted by Crippen LogP contribution is -1.95. The summed E-state index contributed by atoms with van der Waals surface area (Å²) in [6, 6.07) is 71.0. The van der Waals surface area contributed by atoms with E-state index in [0.717, 1.165) is 5.69 Å². The lowest BCUT2D eigenvalue weighted by Gasteiger charge is -2.14. The highest BCUT2D eigenvalue weighted by Crippen LogP contribution is 2.40. The third-order valence-corrected chi connectivity index (χ3v) is 10.9. The van der Waals surface area contributed by atoms with Crippen molar-refractivity contribution in [2.24, 2.45) is 0 Å². The molecule has 0 N–H and O–H groups in total. The molecule has 0 saturated heterocycles. The van der Waals surface area contributed by atoms with E-state index in [1.807, 2.05) is 0 Å². The fourth-order valence-corrected chi connectivity index (χ4v) is 8.54. The molecule has 0 atom stereocenters. The lowest BCUT2D eigenvalue weighted by atomic mass is 9.93. The standard InChI is InChI=1S/C50H32N2/c1-2-15-37(16-3-1)51-47-23-10-8-21-42(47)44-27-25-33(31-49(44)51)34-26-28-45-43-22-9-11-24-48(43)52(50(45)32-34)38-17-12-14-35(29-38)46-30-36-13-4-5-18-39(36)40-19-6-7-20-41(40)46/h1-32H. The molecule has 0 radical (unpaired) electrons. The molecule has 11 aromatic rings. The highest BCUT2D eigenvalue weighted by Gasteiger charge is 2.17. The van der Waals surface area contributed by atoms with Crippen molar-refractivity contribution in [3.05, 3.63) is 194 Å². The highest BCUT2D eigenvalue weighted by atomic mass is 15.0. The van der Waals surface area contributed by atoms with Gasteiger partial charge in [-0.1, -0.05) is 140 Å². The van der Waals surface area contributed by atoms with Crippen LogP contribution in [0.2, 0.25) is 0 Å². The van der Waals surface area contributed by atoms with Crippen LogP contribution in [0.3, 0.4) is 0 Å². The maximum Gasteiger partial charge on any atom is 0.0547 e. The Labute approximate surface area is 301 Å². The largest absolute Gasteiger partial charge is 0.309 e. The summed E-state index contributed by atoms with van der Waals surface area (Å²) in [5.41, 5.74) is 12.0. The van der Waals surface area contributed by atoms with E-state index < -0.39 is 0 Å². The van der Waals surface area contributed by atoms with E-state index >= 15 is 0 Å². The topological polar surface area (TPSA) is 9.86 Å². The van der Waals surface area contributed by atoms with Crippen molar-refractivity contribution in [3.63, 3.8) is 0 Å². The van der Waals surface area contributed by atoms with Crippen LogP contribution in [0.25, 0.3) is 98.8 Å². The number of rotatable bonds is 4. The van der Waals surface area contributed by atoms with Gasteiger partial charge in [0.1, 0.15) is 0 Å². The average Bonchev–Trinajstić information content (AvgIpc) is 3.73. The number of para-hydroxylation sites is 3. The Hall–Kier alpha value is -6.90. The van der Waals surface area contributed by atoms with E-state index in [1.54, 1.807) is 0 Å². The van der Waals surface area contributed by atoms with Crippen molar-refractivity contribution in [1.29, 1.82) is 0 Å². The maximum atomic E-state index is 2.44. The van der Waals surface area contributed by atoms with Gasteiger partial charge in [-0.05, 0) is 98.4 Å². The zero-order valence-electron chi connectivity index (χ0n) is 28.4. The van der Waals surface area contributed by atoms with Gasteiger partial charge in [-0.15, -0.1) is 0 Å². The second-order valence-electron chi connectivity index (χ2n) is 13.7. The number of hydrogen-bond acceptors (Lipinski definition) is 0. The van der Waals surface area contributed by atoms with Crippen LogP contribution < -0.4 is 0 Å². The Balaban J connectivity index is 1.12. The van der Waals surface area contributed by atoms with Crippen molar-refractivity contribution < 1.29 is 0 Å². The van der Waals surface area contributed by atoms with Crippen LogP contribution >= 0.6 is 0 Å². The summed E-state index contributed by atoms with van der Waals surface area (Å²) in [4.78, 5) is 0. The second kappa shape index (κ2) is 11.3. The first-order valence-electron chi connectivity index (χ1n) is 17.9. The van der Waals surface area contributed by atoms with Gasteiger partial charge in [-0.2, -0.15) is 0 Å². The number of aromatic nitrogens is 2. The number of hydrogen-bond donors (Lipinski definition) is 0. The molecule has 11 rings (SSSR count). The van der Waals surface area contributed by atoms with Gasteiger partial charge in [0, 0.05) is 32.9 Å². The van der Waals surface area contributed by atoms with Crippen molar-refractivity contribution >= 4 is 65.2 Å². The van der Waals surface area contributed by atoms with Gasteiger partial charge in [0.25, 0.3) is 0 Å². The van der Waals surface area contributed by atoms with Crippen LogP contribution in [0, 0.1) is 0 Å². The highest BCUT2D eigenvalue weighted by molar-refractivity contribution is 6.15. The first-order valence-corrected chi connectivity index (χ1v) is 17.9. The predicted octanol–water partition coefficient (Wildman–Crippen LogP) is 13.5. The van der Waals surface area contributed by atoms with E-state index in [-0.39, 0.29) is 0 Å². The summed E-state index contributed by atoms with van der Waals surface area (Å²) in [6.45, 7) is 0. The SMILES string of the molecule is c1ccc(-n2c3ccccc3c3ccc(-c4ccc5c6ccccc6n(-c6cccc(-c7cc8ccccc8c8ccccc78)c6)c5c4)cc32)cc1. The van der Waals surface area contributed by atoms with Crippen LogP contribution in [0.15, 0.2) is 194 Å². The molecule has 2 heterocycles. The molecule has 0 fully saturated rings. The molecular weight excluding hydrogens is 629 g/mol. The molecule has 0 amide bonds. The molecule has 0 aliphatic carbocycles. The van der Waals surface area contributed by atoms with Gasteiger partial charge in [0.05, 0.1) is 22.1 Å². The van der Waals surface area contributed by atoms with Crippen molar-refractivity contribution in [2.75, 3.05) is 0 Å². The van der Waals surface area contributed by atoms with Crippen molar-refractivity contribution in [3.8, 4) is 33.6 Å². The quantitative estimate of drug-likeness (QED) is 0.166. The van der Waals surface area contributed by atoms with E-state index in [9.17, 15) is 0 Å². The van der Waals surface area contributed by atoms with Gasteiger partial charge in [-0.25, -0.2) is 0 Å². The Morgan fingerprint density at radius 2 is 0.750 bits per heavy atom. The first kappa shape index (κ1) is 28.9. The monoisotopic (exact) mass is 660 g/mol. The lowest BCUT2D eigenvalue weighted by molar-refractivity contribution is 1.18. The average molecular weight is 661 g/mol. The van der Waals surface area contributed by atoms with Crippen LogP contribution in [-0.4, -0.2) is 9.13 Å². The molecule has 242 valence electrons. The summed E-state index contributed by atoms with van der Waals surface area (Å²) in [5.74, 6) is 0. The molecule has 52 heavy (non-hydrogen) atoms. The minimum Gasteiger partial charge on any atom is -0.309 e. The molecular formula is C50H32N2. The van der Waals surface area contributed by atoms with E-state index in [0.29, 0.717) is 0 Å². The smallest absolute Gasteiger partial charge is 0.0547 e. The zero-order chi connectivity index (χ0) is 34.2. The third-order valence-electron chi connectivity index (χ3n) is 10.9. The summed E-state index contributed by atoms with van der Waals surface area (Å²) >= 11 is 0. The van der Waals surface area contributed by atoms with Crippen LogP contribution in [0.5, 0.6) is 0 Å².